The van der Waals surface area contributed by atoms with Gasteiger partial charge in [0.1, 0.15) is 13.2 Å². The molecule has 0 saturated heterocycles. The van der Waals surface area contributed by atoms with Crippen LogP contribution in [0.25, 0.3) is 0 Å². The Labute approximate surface area is 146 Å². The second-order valence-electron chi connectivity index (χ2n) is 2.80. The first kappa shape index (κ1) is 20.0. The van der Waals surface area contributed by atoms with Gasteiger partial charge >= 0.3 is 11.9 Å². The molecule has 0 aromatic rings. The Bertz CT molecular complexity index is 377. The molecule has 4 nitrogen and oxygen atoms in total. The topological polar surface area (TPSA) is 52.6 Å². The van der Waals surface area contributed by atoms with Gasteiger partial charge in [-0.1, -0.05) is 79.5 Å². The van der Waals surface area contributed by atoms with Gasteiger partial charge in [0.2, 0.25) is 12.4 Å². The normalized spacial score (nSPS) is 11.7. The summed E-state index contributed by atoms with van der Waals surface area (Å²) in [6.45, 7) is -1.12. The molecule has 0 radical (unpaired) electrons. The number of hydrogen-bond acceptors (Lipinski definition) is 5. The third-order valence-electron chi connectivity index (χ3n) is 1.19. The van der Waals surface area contributed by atoms with E-state index >= 15 is 0 Å². The van der Waals surface area contributed by atoms with Crippen molar-refractivity contribution in [2.24, 2.45) is 0 Å². The van der Waals surface area contributed by atoms with E-state index in [9.17, 15) is 9.59 Å². The van der Waals surface area contributed by atoms with Crippen LogP contribution in [0.3, 0.4) is 0 Å². The molecular weight excluding hydrogens is 425 g/mol. The second kappa shape index (κ2) is 8.44. The highest BCUT2D eigenvalue weighted by molar-refractivity contribution is 8.18. The number of rotatable bonds is 4. The quantitative estimate of drug-likeness (QED) is 0.298. The fourth-order valence-corrected chi connectivity index (χ4v) is 1.57. The molecule has 0 saturated carbocycles. The molecule has 0 fully saturated rings. The first-order valence-electron chi connectivity index (χ1n) is 4.11. The lowest BCUT2D eigenvalue weighted by Gasteiger charge is -2.13. The number of alkyl halides is 6. The standard InChI is InChI=1S/C7H4Cl6O4S2/c8-6(9,10)1-16-4(14)3(19-18)5(15)17-2-7(11,12)13/h1-2H2. The Morgan fingerprint density at radius 2 is 1.21 bits per heavy atom. The summed E-state index contributed by atoms with van der Waals surface area (Å²) < 4.78 is 5.48. The molecule has 110 valence electrons. The average Bonchev–Trinajstić information content (AvgIpc) is 2.22. The third-order valence-corrected chi connectivity index (χ3v) is 2.84. The molecule has 0 spiro atoms. The SMILES string of the molecule is O=C(OCC(Cl)(Cl)Cl)C(=S=S)C(=O)OCC(Cl)(Cl)Cl. The van der Waals surface area contributed by atoms with Gasteiger partial charge in [-0.25, -0.2) is 9.59 Å². The van der Waals surface area contributed by atoms with Gasteiger partial charge in [0, 0.05) is 0 Å². The molecule has 0 aliphatic rings. The van der Waals surface area contributed by atoms with Crippen LogP contribution in [-0.4, -0.2) is 37.6 Å². The van der Waals surface area contributed by atoms with E-state index in [0.717, 1.165) is 0 Å². The van der Waals surface area contributed by atoms with Gasteiger partial charge in [-0.2, -0.15) is 0 Å². The minimum absolute atomic E-state index is 0.380. The fourth-order valence-electron chi connectivity index (χ4n) is 0.577. The molecule has 0 aromatic carbocycles. The molecular formula is C7H4Cl6O4S2. The molecule has 0 unspecified atom stereocenters. The molecule has 0 aliphatic heterocycles. The second-order valence-corrected chi connectivity index (χ2v) is 8.90. The van der Waals surface area contributed by atoms with Crippen LogP contribution in [0.15, 0.2) is 0 Å². The zero-order chi connectivity index (χ0) is 15.3. The first-order valence-corrected chi connectivity index (χ1v) is 8.12. The smallest absolute Gasteiger partial charge is 0.356 e. The molecule has 19 heavy (non-hydrogen) atoms. The lowest BCUT2D eigenvalue weighted by atomic mass is 10.4. The number of carbonyl (C=O) groups is 2. The van der Waals surface area contributed by atoms with Crippen LogP contribution >= 0.6 is 69.6 Å². The zero-order valence-corrected chi connectivity index (χ0v) is 14.8. The van der Waals surface area contributed by atoms with Crippen LogP contribution in [0.5, 0.6) is 0 Å². The highest BCUT2D eigenvalue weighted by Crippen LogP contribution is 2.26. The van der Waals surface area contributed by atoms with Crippen LogP contribution in [0.1, 0.15) is 0 Å². The van der Waals surface area contributed by atoms with Gasteiger partial charge in [0.05, 0.1) is 0 Å². The number of ether oxygens (including phenoxy) is 2. The van der Waals surface area contributed by atoms with E-state index in [0.29, 0.717) is 9.91 Å². The molecule has 0 amide bonds. The largest absolute Gasteiger partial charge is 0.457 e. The molecule has 0 rings (SSSR count). The Kier molecular flexibility index (Phi) is 8.88. The Hall–Kier alpha value is 0.990. The first-order chi connectivity index (χ1) is 8.46. The van der Waals surface area contributed by atoms with Gasteiger partial charge in [0.25, 0.3) is 0 Å². The van der Waals surface area contributed by atoms with Gasteiger partial charge in [-0.15, -0.1) is 0 Å². The summed E-state index contributed by atoms with van der Waals surface area (Å²) in [5.74, 6) is -2.19. The van der Waals surface area contributed by atoms with Crippen molar-refractivity contribution in [3.63, 3.8) is 0 Å². The van der Waals surface area contributed by atoms with Crippen molar-refractivity contribution in [2.75, 3.05) is 13.2 Å². The van der Waals surface area contributed by atoms with E-state index < -0.39 is 37.6 Å². The van der Waals surface area contributed by atoms with E-state index in [2.05, 4.69) is 20.7 Å². The van der Waals surface area contributed by atoms with E-state index in [1.807, 2.05) is 0 Å². The van der Waals surface area contributed by atoms with Crippen molar-refractivity contribution < 1.29 is 19.1 Å². The number of carbonyl (C=O) groups excluding carboxylic acids is 2. The molecule has 0 aromatic heterocycles. The maximum absolute atomic E-state index is 11.5. The number of esters is 2. The van der Waals surface area contributed by atoms with Gasteiger partial charge in [-0.3, -0.25) is 0 Å². The van der Waals surface area contributed by atoms with Gasteiger partial charge in [-0.05, 0) is 11.2 Å². The van der Waals surface area contributed by atoms with Crippen molar-refractivity contribution in [1.29, 1.82) is 0 Å². The maximum Gasteiger partial charge on any atom is 0.356 e. The van der Waals surface area contributed by atoms with Crippen LogP contribution < -0.4 is 0 Å². The summed E-state index contributed by atoms with van der Waals surface area (Å²) >= 11 is 36.7. The summed E-state index contributed by atoms with van der Waals surface area (Å²) in [6.07, 6.45) is 0. The molecule has 0 aliphatic carbocycles. The van der Waals surface area contributed by atoms with E-state index in [4.69, 9.17) is 69.6 Å². The Morgan fingerprint density at radius 3 is 1.42 bits per heavy atom. The molecule has 0 atom stereocenters. The van der Waals surface area contributed by atoms with Crippen molar-refractivity contribution in [3.8, 4) is 0 Å². The fraction of sp³-hybridized carbons (Fsp3) is 0.571. The van der Waals surface area contributed by atoms with Crippen molar-refractivity contribution in [3.05, 3.63) is 0 Å². The predicted molar refractivity (Wildman–Crippen MR) is 82.2 cm³/mol. The molecule has 0 heterocycles. The minimum atomic E-state index is -1.81. The molecule has 0 N–H and O–H groups in total. The van der Waals surface area contributed by atoms with Gasteiger partial charge in [0.15, 0.2) is 0 Å². The Balaban J connectivity index is 4.55. The van der Waals surface area contributed by atoms with E-state index in [-0.39, 0.29) is 0 Å². The number of halogens is 6. The monoisotopic (exact) mass is 426 g/mol. The van der Waals surface area contributed by atoms with Crippen LogP contribution in [0, 0.1) is 0 Å². The van der Waals surface area contributed by atoms with Gasteiger partial charge < -0.3 is 9.47 Å². The molecule has 12 heteroatoms. The van der Waals surface area contributed by atoms with E-state index in [1.54, 1.807) is 0 Å². The predicted octanol–water partition coefficient (Wildman–Crippen LogP) is 2.53. The lowest BCUT2D eigenvalue weighted by Crippen LogP contribution is -2.32. The summed E-state index contributed by atoms with van der Waals surface area (Å²) in [7, 11) is 0.380. The third kappa shape index (κ3) is 10.4. The highest BCUT2D eigenvalue weighted by Gasteiger charge is 2.29. The zero-order valence-electron chi connectivity index (χ0n) is 8.63. The summed E-state index contributed by atoms with van der Waals surface area (Å²) in [4.78, 5) is 22.4. The van der Waals surface area contributed by atoms with E-state index in [1.165, 1.54) is 0 Å². The summed E-state index contributed by atoms with van der Waals surface area (Å²) in [6, 6.07) is 0. The summed E-state index contributed by atoms with van der Waals surface area (Å²) in [5, 5.41) is 0. The maximum atomic E-state index is 11.5. The highest BCUT2D eigenvalue weighted by atomic mass is 35.6. The van der Waals surface area contributed by atoms with Crippen LogP contribution in [0.2, 0.25) is 0 Å². The van der Waals surface area contributed by atoms with Crippen LogP contribution in [0.4, 0.5) is 0 Å². The number of hydrogen-bond donors (Lipinski definition) is 0. The minimum Gasteiger partial charge on any atom is -0.457 e. The Morgan fingerprint density at radius 1 is 0.895 bits per heavy atom. The van der Waals surface area contributed by atoms with Crippen molar-refractivity contribution in [2.45, 2.75) is 7.59 Å². The summed E-state index contributed by atoms with van der Waals surface area (Å²) in [5.41, 5.74) is 0. The van der Waals surface area contributed by atoms with Crippen LogP contribution in [-0.2, 0) is 40.2 Å². The average molecular weight is 429 g/mol. The van der Waals surface area contributed by atoms with Crippen molar-refractivity contribution >= 4 is 108 Å². The lowest BCUT2D eigenvalue weighted by molar-refractivity contribution is -0.140. The van der Waals surface area contributed by atoms with Crippen molar-refractivity contribution in [1.82, 2.24) is 0 Å². The molecule has 0 bridgehead atoms.